The number of nitrogens with zero attached hydrogens (tertiary/aromatic N) is 2. The van der Waals surface area contributed by atoms with Crippen LogP contribution in [0.25, 0.3) is 0 Å². The summed E-state index contributed by atoms with van der Waals surface area (Å²) in [6.07, 6.45) is 0. The summed E-state index contributed by atoms with van der Waals surface area (Å²) in [5.41, 5.74) is 3.99. The Kier molecular flexibility index (Phi) is 8.53. The molecule has 0 spiro atoms. The molecule has 0 saturated carbocycles. The maximum absolute atomic E-state index is 12.9. The largest absolute Gasteiger partial charge is 0.482 e. The van der Waals surface area contributed by atoms with Gasteiger partial charge in [0.25, 0.3) is 11.8 Å². The molecule has 8 nitrogen and oxygen atoms in total. The summed E-state index contributed by atoms with van der Waals surface area (Å²) in [7, 11) is 1.30. The summed E-state index contributed by atoms with van der Waals surface area (Å²) in [5, 5.41) is 3.31. The number of benzene rings is 3. The van der Waals surface area contributed by atoms with Gasteiger partial charge < -0.3 is 24.6 Å². The van der Waals surface area contributed by atoms with Crippen LogP contribution in [0.5, 0.6) is 5.75 Å². The number of nitrogens with one attached hydrogen (secondary N) is 1. The van der Waals surface area contributed by atoms with E-state index in [1.807, 2.05) is 43.0 Å². The molecule has 0 atom stereocenters. The third kappa shape index (κ3) is 6.26. The number of amides is 2. The molecule has 0 aromatic heterocycles. The van der Waals surface area contributed by atoms with Crippen LogP contribution in [0.15, 0.2) is 60.7 Å². The van der Waals surface area contributed by atoms with Gasteiger partial charge in [-0.25, -0.2) is 4.79 Å². The number of hydrogen-bond donors (Lipinski definition) is 1. The van der Waals surface area contributed by atoms with E-state index in [9.17, 15) is 14.4 Å². The number of ether oxygens (including phenoxy) is 2. The third-order valence-corrected chi connectivity index (χ3v) is 6.62. The molecule has 3 aromatic carbocycles. The van der Waals surface area contributed by atoms with Crippen LogP contribution in [-0.2, 0) is 9.53 Å². The molecule has 0 radical (unpaired) electrons. The first-order valence-corrected chi connectivity index (χ1v) is 12.7. The zero-order valence-electron chi connectivity index (χ0n) is 21.6. The molecule has 0 bridgehead atoms. The van der Waals surface area contributed by atoms with E-state index >= 15 is 0 Å². The summed E-state index contributed by atoms with van der Waals surface area (Å²) in [6.45, 7) is 5.71. The standard InChI is InChI=1S/C29H30ClN3O5/c1-19-15-20(2)27(23(30)16-19)38-18-26(34)31-24-17-22(29(36)37-3)9-10-25(24)32-11-13-33(14-12-32)28(35)21-7-5-4-6-8-21/h4-10,15-17H,11-14,18H2,1-3H3,(H,31,34). The Morgan fingerprint density at radius 2 is 1.63 bits per heavy atom. The van der Waals surface area contributed by atoms with Crippen LogP contribution in [0, 0.1) is 13.8 Å². The van der Waals surface area contributed by atoms with Gasteiger partial charge in [-0.1, -0.05) is 35.9 Å². The molecule has 9 heteroatoms. The molecule has 2 amide bonds. The summed E-state index contributed by atoms with van der Waals surface area (Å²) in [6, 6.07) is 17.9. The van der Waals surface area contributed by atoms with Gasteiger partial charge in [0.1, 0.15) is 5.75 Å². The zero-order chi connectivity index (χ0) is 27.2. The molecular formula is C29H30ClN3O5. The minimum absolute atomic E-state index is 0.0120. The average molecular weight is 536 g/mol. The Hall–Kier alpha value is -4.04. The van der Waals surface area contributed by atoms with E-state index in [4.69, 9.17) is 21.1 Å². The van der Waals surface area contributed by atoms with E-state index in [0.29, 0.717) is 53.8 Å². The molecule has 1 fully saturated rings. The molecule has 4 rings (SSSR count). The van der Waals surface area contributed by atoms with E-state index in [2.05, 4.69) is 10.2 Å². The van der Waals surface area contributed by atoms with Crippen molar-refractivity contribution in [1.82, 2.24) is 4.90 Å². The van der Waals surface area contributed by atoms with E-state index in [0.717, 1.165) is 16.8 Å². The van der Waals surface area contributed by atoms with Gasteiger partial charge in [0.15, 0.2) is 6.61 Å². The summed E-state index contributed by atoms with van der Waals surface area (Å²) >= 11 is 6.31. The van der Waals surface area contributed by atoms with E-state index in [-0.39, 0.29) is 12.5 Å². The Morgan fingerprint density at radius 3 is 2.29 bits per heavy atom. The first kappa shape index (κ1) is 27.0. The molecule has 0 unspecified atom stereocenters. The van der Waals surface area contributed by atoms with Crippen molar-refractivity contribution in [3.05, 3.63) is 87.9 Å². The molecule has 3 aromatic rings. The molecule has 38 heavy (non-hydrogen) atoms. The van der Waals surface area contributed by atoms with Crippen molar-refractivity contribution < 1.29 is 23.9 Å². The van der Waals surface area contributed by atoms with Crippen molar-refractivity contribution in [2.45, 2.75) is 13.8 Å². The average Bonchev–Trinajstić information content (AvgIpc) is 2.92. The van der Waals surface area contributed by atoms with Crippen molar-refractivity contribution in [3.8, 4) is 5.75 Å². The third-order valence-electron chi connectivity index (χ3n) is 6.34. The van der Waals surface area contributed by atoms with E-state index in [1.165, 1.54) is 7.11 Å². The quantitative estimate of drug-likeness (QED) is 0.440. The van der Waals surface area contributed by atoms with Crippen LogP contribution in [0.3, 0.4) is 0 Å². The number of hydrogen-bond acceptors (Lipinski definition) is 6. The smallest absolute Gasteiger partial charge is 0.337 e. The molecular weight excluding hydrogens is 506 g/mol. The van der Waals surface area contributed by atoms with Crippen LogP contribution in [-0.4, -0.2) is 62.6 Å². The Bertz CT molecular complexity index is 1310. The van der Waals surface area contributed by atoms with Crippen molar-refractivity contribution >= 4 is 40.8 Å². The number of carbonyl (C=O) groups excluding carboxylic acids is 3. The number of halogens is 1. The summed E-state index contributed by atoms with van der Waals surface area (Å²) in [4.78, 5) is 41.8. The predicted molar refractivity (Wildman–Crippen MR) is 147 cm³/mol. The minimum Gasteiger partial charge on any atom is -0.482 e. The first-order chi connectivity index (χ1) is 18.3. The highest BCUT2D eigenvalue weighted by atomic mass is 35.5. The monoisotopic (exact) mass is 535 g/mol. The van der Waals surface area contributed by atoms with Gasteiger partial charge >= 0.3 is 5.97 Å². The predicted octanol–water partition coefficient (Wildman–Crippen LogP) is 4.72. The van der Waals surface area contributed by atoms with Crippen LogP contribution in [0.1, 0.15) is 31.8 Å². The lowest BCUT2D eigenvalue weighted by atomic mass is 10.1. The van der Waals surface area contributed by atoms with Crippen molar-refractivity contribution in [1.29, 1.82) is 0 Å². The van der Waals surface area contributed by atoms with Gasteiger partial charge in [0.05, 0.1) is 29.1 Å². The van der Waals surface area contributed by atoms with Crippen LogP contribution >= 0.6 is 11.6 Å². The Morgan fingerprint density at radius 1 is 0.921 bits per heavy atom. The molecule has 1 N–H and O–H groups in total. The van der Waals surface area contributed by atoms with Gasteiger partial charge in [-0.2, -0.15) is 0 Å². The zero-order valence-corrected chi connectivity index (χ0v) is 22.4. The van der Waals surface area contributed by atoms with Crippen LogP contribution < -0.4 is 15.0 Å². The molecule has 0 aliphatic carbocycles. The van der Waals surface area contributed by atoms with Crippen LogP contribution in [0.2, 0.25) is 5.02 Å². The number of anilines is 2. The second-order valence-corrected chi connectivity index (χ2v) is 9.51. The highest BCUT2D eigenvalue weighted by molar-refractivity contribution is 6.32. The highest BCUT2D eigenvalue weighted by Gasteiger charge is 2.25. The summed E-state index contributed by atoms with van der Waals surface area (Å²) < 4.78 is 10.6. The van der Waals surface area contributed by atoms with E-state index in [1.54, 1.807) is 36.4 Å². The highest BCUT2D eigenvalue weighted by Crippen LogP contribution is 2.31. The molecule has 1 heterocycles. The topological polar surface area (TPSA) is 88.2 Å². The summed E-state index contributed by atoms with van der Waals surface area (Å²) in [5.74, 6) is -0.469. The molecule has 198 valence electrons. The lowest BCUT2D eigenvalue weighted by Crippen LogP contribution is -2.49. The van der Waals surface area contributed by atoms with Gasteiger partial charge in [-0.3, -0.25) is 9.59 Å². The Balaban J connectivity index is 1.48. The number of rotatable bonds is 7. The SMILES string of the molecule is COC(=O)c1ccc(N2CCN(C(=O)c3ccccc3)CC2)c(NC(=O)COc2c(C)cc(C)cc2Cl)c1. The van der Waals surface area contributed by atoms with Gasteiger partial charge in [-0.05, 0) is 61.4 Å². The fourth-order valence-electron chi connectivity index (χ4n) is 4.48. The normalized spacial score (nSPS) is 13.2. The van der Waals surface area contributed by atoms with E-state index < -0.39 is 11.9 Å². The second-order valence-electron chi connectivity index (χ2n) is 9.10. The number of esters is 1. The van der Waals surface area contributed by atoms with Gasteiger partial charge in [0, 0.05) is 31.7 Å². The number of methoxy groups -OCH3 is 1. The number of piperazine rings is 1. The fourth-order valence-corrected chi connectivity index (χ4v) is 4.86. The van der Waals surface area contributed by atoms with Gasteiger partial charge in [0.2, 0.25) is 0 Å². The first-order valence-electron chi connectivity index (χ1n) is 12.3. The number of aryl methyl sites for hydroxylation is 2. The lowest BCUT2D eigenvalue weighted by molar-refractivity contribution is -0.118. The van der Waals surface area contributed by atoms with Crippen molar-refractivity contribution in [2.75, 3.05) is 50.1 Å². The lowest BCUT2D eigenvalue weighted by Gasteiger charge is -2.37. The fraction of sp³-hybridized carbons (Fsp3) is 0.276. The maximum Gasteiger partial charge on any atom is 0.337 e. The molecule has 1 saturated heterocycles. The maximum atomic E-state index is 12.9. The minimum atomic E-state index is -0.511. The van der Waals surface area contributed by atoms with Crippen LogP contribution in [0.4, 0.5) is 11.4 Å². The van der Waals surface area contributed by atoms with Gasteiger partial charge in [-0.15, -0.1) is 0 Å². The number of carbonyl (C=O) groups is 3. The molecule has 1 aliphatic rings. The Labute approximate surface area is 227 Å². The second kappa shape index (κ2) is 12.0. The van der Waals surface area contributed by atoms with Crippen molar-refractivity contribution in [3.63, 3.8) is 0 Å². The van der Waals surface area contributed by atoms with Crippen molar-refractivity contribution in [2.24, 2.45) is 0 Å². The molecule has 1 aliphatic heterocycles.